The monoisotopic (exact) mass is 1420 g/mol. The van der Waals surface area contributed by atoms with Gasteiger partial charge in [0.25, 0.3) is 0 Å². The van der Waals surface area contributed by atoms with Gasteiger partial charge in [0.2, 0.25) is 70.9 Å². The van der Waals surface area contributed by atoms with Gasteiger partial charge in [-0.3, -0.25) is 57.5 Å². The number of nitrogens with one attached hydrogen (secondary N) is 9. The predicted molar refractivity (Wildman–Crippen MR) is 352 cm³/mol. The van der Waals surface area contributed by atoms with Crippen molar-refractivity contribution < 1.29 is 72.1 Å². The van der Waals surface area contributed by atoms with E-state index in [1.54, 1.807) is 62.5 Å². The van der Waals surface area contributed by atoms with Crippen LogP contribution in [0.4, 0.5) is 0 Å². The van der Waals surface area contributed by atoms with Crippen molar-refractivity contribution in [2.75, 3.05) is 51.4 Å². The highest BCUT2D eigenvalue weighted by molar-refractivity contribution is 14.1. The lowest BCUT2D eigenvalue weighted by atomic mass is 9.95. The summed E-state index contributed by atoms with van der Waals surface area (Å²) in [4.78, 5) is 174. The van der Waals surface area contributed by atoms with E-state index in [-0.39, 0.29) is 77.2 Å². The molecule has 27 nitrogen and oxygen atoms in total. The topological polar surface area (TPSA) is 362 Å². The fourth-order valence-corrected chi connectivity index (χ4v) is 12.4. The van der Waals surface area contributed by atoms with Gasteiger partial charge in [0.15, 0.2) is 0 Å². The van der Waals surface area contributed by atoms with Crippen molar-refractivity contribution in [1.82, 2.24) is 62.6 Å². The van der Waals surface area contributed by atoms with Crippen molar-refractivity contribution in [3.8, 4) is 5.75 Å². The quantitative estimate of drug-likeness (QED) is 0.0524. The van der Waals surface area contributed by atoms with Gasteiger partial charge in [0, 0.05) is 78.4 Å². The van der Waals surface area contributed by atoms with Crippen LogP contribution in [-0.4, -0.2) is 202 Å². The molecule has 5 aliphatic rings. The molecular weight excluding hydrogens is 1330 g/mol. The normalized spacial score (nSPS) is 26.0. The van der Waals surface area contributed by atoms with Crippen LogP contribution >= 0.6 is 22.6 Å². The number of amides is 12. The maximum atomic E-state index is 15.0. The van der Waals surface area contributed by atoms with Gasteiger partial charge in [0.1, 0.15) is 60.2 Å². The summed E-state index contributed by atoms with van der Waals surface area (Å²) in [6.07, 6.45) is -0.148. The summed E-state index contributed by atoms with van der Waals surface area (Å²) in [6.45, 7) is 4.96. The number of ether oxygens (including phenoxy) is 2. The standard InChI is InChI=1S/C66H89IN12O15/c1-39-58(85)75-50(36-70-52(81)14-8-7-9-28-67)60(87)73-48-34-45-12-10-13-46(32-45)35-69-54(83)38-94-51-26-31-78(63(90)40(2)72-59(48)86)57(51)62(89)76-56(41(3)80)61(88)74-49(33-43-19-21-47(93-6)22-20-43)64(91)79-30-11-27-66(79,4)65(92)68-29-25-42-15-17-44(18-16-42)37-77(5)55(84)24-23-53(82)71-39/h10,12-13,15-22,32,39-41,48-51,56-57,80H,7-9,11,14,23-31,33-38H2,1-6H3,(H,68,92)(H,69,83)(H,70,81)(H,71,82)(H,72,86)(H,73,87)(H,74,88)(H,75,85)(H,76,89)/t39-,40-,41+,48?,49-,50+,51-,56-,57-,66-/m0/s1. The van der Waals surface area contributed by atoms with Gasteiger partial charge in [-0.2, -0.15) is 0 Å². The van der Waals surface area contributed by atoms with Crippen LogP contribution in [0.2, 0.25) is 0 Å². The van der Waals surface area contributed by atoms with Gasteiger partial charge >= 0.3 is 0 Å². The van der Waals surface area contributed by atoms with Crippen molar-refractivity contribution in [3.63, 3.8) is 0 Å². The molecule has 510 valence electrons. The van der Waals surface area contributed by atoms with Gasteiger partial charge in [-0.05, 0) is 111 Å². The number of carbonyl (C=O) groups excluding carboxylic acids is 12. The fourth-order valence-electron chi connectivity index (χ4n) is 11.8. The average molecular weight is 1420 g/mol. The van der Waals surface area contributed by atoms with Crippen molar-refractivity contribution in [1.29, 1.82) is 0 Å². The summed E-state index contributed by atoms with van der Waals surface area (Å²) < 4.78 is 12.3. The van der Waals surface area contributed by atoms with E-state index in [0.29, 0.717) is 48.1 Å². The number of benzene rings is 3. The number of carbonyl (C=O) groups is 12. The Hall–Kier alpha value is -8.25. The molecule has 3 aromatic carbocycles. The van der Waals surface area contributed by atoms with Crippen LogP contribution in [0.5, 0.6) is 5.75 Å². The number of aliphatic hydroxyl groups is 1. The van der Waals surface area contributed by atoms with Crippen LogP contribution in [-0.2, 0) is 94.6 Å². The van der Waals surface area contributed by atoms with Gasteiger partial charge in [0.05, 0.1) is 19.3 Å². The van der Waals surface area contributed by atoms with Crippen LogP contribution in [0.3, 0.4) is 0 Å². The van der Waals surface area contributed by atoms with Crippen LogP contribution in [0.25, 0.3) is 0 Å². The minimum Gasteiger partial charge on any atom is -0.497 e. The minimum atomic E-state index is -1.78. The van der Waals surface area contributed by atoms with Gasteiger partial charge in [-0.15, -0.1) is 0 Å². The number of hydrogen-bond donors (Lipinski definition) is 10. The Morgan fingerprint density at radius 2 is 1.45 bits per heavy atom. The molecule has 12 amide bonds. The second-order valence-electron chi connectivity index (χ2n) is 24.6. The summed E-state index contributed by atoms with van der Waals surface area (Å²) in [5.74, 6) is -7.99. The first-order valence-electron chi connectivity index (χ1n) is 32.0. The number of halogens is 1. The van der Waals surface area contributed by atoms with E-state index in [2.05, 4.69) is 70.4 Å². The van der Waals surface area contributed by atoms with E-state index in [1.165, 1.54) is 37.7 Å². The van der Waals surface area contributed by atoms with Crippen molar-refractivity contribution >= 4 is 93.5 Å². The number of hydrogen-bond acceptors (Lipinski definition) is 15. The molecule has 28 heteroatoms. The van der Waals surface area contributed by atoms with E-state index >= 15 is 4.79 Å². The van der Waals surface area contributed by atoms with E-state index in [1.807, 2.05) is 24.3 Å². The molecule has 3 aromatic rings. The first-order valence-corrected chi connectivity index (χ1v) is 33.5. The maximum Gasteiger partial charge on any atom is 0.246 e. The SMILES string of the molecule is COc1ccc(C[C@@H]2NC(=O)[C@H]([C@@H](C)O)NC(=O)[C@@H]3[C@@H]4CCN3C(=O)[C@H](C)NC(=O)C(Cc3cccc(c3)CNC(=O)CO4)NC(=O)[C@@H](CNC(=O)CCCCCI)NC(=O)[C@H](C)NC(=O)CCC(=O)N(C)Cc3ccc(cc3)CCNC(=O)[C@]3(C)CCCN3C2=O)cc1. The number of nitrogens with zero attached hydrogens (tertiary/aromatic N) is 3. The number of methoxy groups -OCH3 is 1. The van der Waals surface area contributed by atoms with Crippen molar-refractivity contribution in [2.45, 2.75) is 178 Å². The van der Waals surface area contributed by atoms with Crippen LogP contribution in [0.1, 0.15) is 113 Å². The lowest BCUT2D eigenvalue weighted by molar-refractivity contribution is -0.148. The third-order valence-corrected chi connectivity index (χ3v) is 18.1. The number of unbranched alkanes of at least 4 members (excludes halogenated alkanes) is 2. The summed E-state index contributed by atoms with van der Waals surface area (Å²) >= 11 is 2.24. The number of fused-ring (bicyclic) bond motifs is 25. The Bertz CT molecular complexity index is 3230. The number of rotatable bonds is 11. The lowest BCUT2D eigenvalue weighted by Gasteiger charge is -2.37. The first-order chi connectivity index (χ1) is 44.9. The molecule has 0 spiro atoms. The summed E-state index contributed by atoms with van der Waals surface area (Å²) in [7, 11) is 3.08. The zero-order valence-corrected chi connectivity index (χ0v) is 56.3. The number of alkyl halides is 1. The fraction of sp³-hybridized carbons (Fsp3) is 0.545. The highest BCUT2D eigenvalue weighted by Gasteiger charge is 2.49. The molecule has 0 aromatic heterocycles. The predicted octanol–water partition coefficient (Wildman–Crippen LogP) is 0.0295. The largest absolute Gasteiger partial charge is 0.497 e. The second kappa shape index (κ2) is 34.8. The molecule has 5 aliphatic heterocycles. The molecule has 1 unspecified atom stereocenters. The molecule has 8 bridgehead atoms. The van der Waals surface area contributed by atoms with E-state index < -0.39 is 138 Å². The molecule has 0 aliphatic carbocycles. The van der Waals surface area contributed by atoms with E-state index in [4.69, 9.17) is 9.47 Å². The lowest BCUT2D eigenvalue weighted by Crippen LogP contribution is -2.64. The summed E-state index contributed by atoms with van der Waals surface area (Å²) in [6, 6.07) is 10.5. The molecule has 2 fully saturated rings. The Morgan fingerprint density at radius 1 is 0.734 bits per heavy atom. The molecule has 10 atom stereocenters. The second-order valence-corrected chi connectivity index (χ2v) is 25.7. The molecule has 0 radical (unpaired) electrons. The van der Waals surface area contributed by atoms with E-state index in [9.17, 15) is 57.8 Å². The molecule has 2 saturated heterocycles. The Morgan fingerprint density at radius 3 is 2.16 bits per heavy atom. The van der Waals surface area contributed by atoms with Gasteiger partial charge in [-0.25, -0.2) is 0 Å². The summed E-state index contributed by atoms with van der Waals surface area (Å²) in [5, 5.41) is 35.7. The molecule has 10 N–H and O–H groups in total. The number of aliphatic hydroxyl groups excluding tert-OH is 1. The maximum absolute atomic E-state index is 15.0. The first kappa shape index (κ1) is 73.2. The van der Waals surface area contributed by atoms with E-state index in [0.717, 1.165) is 33.3 Å². The van der Waals surface area contributed by atoms with Gasteiger partial charge in [-0.1, -0.05) is 89.7 Å². The van der Waals surface area contributed by atoms with Crippen LogP contribution < -0.4 is 52.6 Å². The minimum absolute atomic E-state index is 0.0145. The smallest absolute Gasteiger partial charge is 0.246 e. The van der Waals surface area contributed by atoms with Crippen molar-refractivity contribution in [3.05, 3.63) is 101 Å². The third kappa shape index (κ3) is 20.4. The molecule has 8 rings (SSSR count). The highest BCUT2D eigenvalue weighted by atomic mass is 127. The van der Waals surface area contributed by atoms with Crippen molar-refractivity contribution in [2.24, 2.45) is 0 Å². The summed E-state index contributed by atoms with van der Waals surface area (Å²) in [5.41, 5.74) is 1.94. The Labute approximate surface area is 560 Å². The molecular formula is C66H89IN12O15. The zero-order valence-electron chi connectivity index (χ0n) is 54.1. The third-order valence-electron chi connectivity index (χ3n) is 17.4. The zero-order chi connectivity index (χ0) is 68.2. The molecule has 5 heterocycles. The average Bonchev–Trinajstić information content (AvgIpc) is 1.81. The Kier molecular flexibility index (Phi) is 27.1. The highest BCUT2D eigenvalue weighted by Crippen LogP contribution is 2.31. The Balaban J connectivity index is 1.22. The van der Waals surface area contributed by atoms with Gasteiger partial charge < -0.3 is 77.1 Å². The molecule has 0 saturated carbocycles. The van der Waals surface area contributed by atoms with Crippen LogP contribution in [0, 0.1) is 0 Å². The van der Waals surface area contributed by atoms with Crippen LogP contribution in [0.15, 0.2) is 72.8 Å². The molecule has 94 heavy (non-hydrogen) atoms.